The molecule has 2 rings (SSSR count). The number of unbranched alkanes of at least 4 members (excludes halogenated alkanes) is 3. The van der Waals surface area contributed by atoms with Crippen LogP contribution in [0.25, 0.3) is 0 Å². The van der Waals surface area contributed by atoms with E-state index < -0.39 is 20.0 Å². The minimum Gasteiger partial charge on any atom is -0.207 e. The van der Waals surface area contributed by atoms with Crippen molar-refractivity contribution in [1.82, 2.24) is 8.61 Å². The van der Waals surface area contributed by atoms with E-state index in [1.165, 1.54) is 4.31 Å². The highest BCUT2D eigenvalue weighted by Gasteiger charge is 2.29. The Balaban J connectivity index is 2.20. The highest BCUT2D eigenvalue weighted by molar-refractivity contribution is 7.89. The molecule has 0 saturated heterocycles. The van der Waals surface area contributed by atoms with Gasteiger partial charge in [0.2, 0.25) is 20.0 Å². The summed E-state index contributed by atoms with van der Waals surface area (Å²) < 4.78 is 57.5. The average molecular weight is 551 g/mol. The number of hydrogen-bond acceptors (Lipinski definition) is 4. The van der Waals surface area contributed by atoms with Gasteiger partial charge in [0.25, 0.3) is 0 Å². The van der Waals surface area contributed by atoms with Gasteiger partial charge in [-0.15, -0.1) is 0 Å². The van der Waals surface area contributed by atoms with E-state index in [-0.39, 0.29) is 0 Å². The van der Waals surface area contributed by atoms with Crippen LogP contribution >= 0.6 is 0 Å². The molecule has 0 atom stereocenters. The second kappa shape index (κ2) is 13.4. The van der Waals surface area contributed by atoms with Crippen molar-refractivity contribution in [2.24, 2.45) is 0 Å². The third-order valence-electron chi connectivity index (χ3n) is 6.83. The molecule has 8 heteroatoms. The van der Waals surface area contributed by atoms with Gasteiger partial charge >= 0.3 is 0 Å². The lowest BCUT2D eigenvalue weighted by Crippen LogP contribution is -2.35. The van der Waals surface area contributed by atoms with E-state index in [9.17, 15) is 16.8 Å². The predicted molar refractivity (Wildman–Crippen MR) is 153 cm³/mol. The summed E-state index contributed by atoms with van der Waals surface area (Å²) in [5.41, 5.74) is 5.14. The fourth-order valence-corrected chi connectivity index (χ4v) is 9.15. The van der Waals surface area contributed by atoms with Gasteiger partial charge in [-0.2, -0.15) is 8.61 Å². The van der Waals surface area contributed by atoms with Crippen LogP contribution in [0.15, 0.2) is 34.1 Å². The van der Waals surface area contributed by atoms with Crippen molar-refractivity contribution in [3.8, 4) is 0 Å². The third-order valence-corrected chi connectivity index (χ3v) is 11.3. The zero-order valence-electron chi connectivity index (χ0n) is 24.0. The lowest BCUT2D eigenvalue weighted by atomic mass is 10.1. The Bertz CT molecular complexity index is 1240. The van der Waals surface area contributed by atoms with Gasteiger partial charge in [0, 0.05) is 26.2 Å². The molecule has 0 radical (unpaired) electrons. The summed E-state index contributed by atoms with van der Waals surface area (Å²) in [5.74, 6) is 0. The van der Waals surface area contributed by atoms with Gasteiger partial charge in [0.1, 0.15) is 0 Å². The molecule has 0 N–H and O–H groups in total. The largest absolute Gasteiger partial charge is 0.243 e. The minimum absolute atomic E-state index is 0.358. The number of sulfonamides is 2. The summed E-state index contributed by atoms with van der Waals surface area (Å²) in [6.07, 6.45) is 3.96. The summed E-state index contributed by atoms with van der Waals surface area (Å²) in [4.78, 5) is 0.784. The van der Waals surface area contributed by atoms with Gasteiger partial charge in [0.15, 0.2) is 0 Å². The summed E-state index contributed by atoms with van der Waals surface area (Å²) in [7, 11) is -7.28. The van der Waals surface area contributed by atoms with Gasteiger partial charge in [0.05, 0.1) is 9.79 Å². The molecule has 2 aromatic rings. The first-order valence-electron chi connectivity index (χ1n) is 13.4. The maximum Gasteiger partial charge on any atom is 0.243 e. The SMILES string of the molecule is CCCCCN(CCCCN(CC)S(=O)(=O)c1c(C)cc(C)cc1C)S(=O)(=O)c1c(C)cc(C)cc1C. The molecule has 0 unspecified atom stereocenters. The Kier molecular flexibility index (Phi) is 11.4. The fraction of sp³-hybridized carbons (Fsp3) is 0.586. The first-order valence-corrected chi connectivity index (χ1v) is 16.3. The van der Waals surface area contributed by atoms with Crippen molar-refractivity contribution >= 4 is 20.0 Å². The molecule has 0 saturated carbocycles. The predicted octanol–water partition coefficient (Wildman–Crippen LogP) is 6.21. The Morgan fingerprint density at radius 2 is 0.865 bits per heavy atom. The number of benzene rings is 2. The van der Waals surface area contributed by atoms with Crippen LogP contribution in [-0.2, 0) is 20.0 Å². The first kappa shape index (κ1) is 31.5. The van der Waals surface area contributed by atoms with Crippen molar-refractivity contribution in [2.75, 3.05) is 26.2 Å². The normalized spacial score (nSPS) is 12.6. The van der Waals surface area contributed by atoms with Crippen LogP contribution in [0.4, 0.5) is 0 Å². The number of hydrogen-bond donors (Lipinski definition) is 0. The number of rotatable bonds is 14. The number of nitrogens with zero attached hydrogens (tertiary/aromatic N) is 2. The smallest absolute Gasteiger partial charge is 0.207 e. The zero-order valence-corrected chi connectivity index (χ0v) is 25.7. The quantitative estimate of drug-likeness (QED) is 0.262. The van der Waals surface area contributed by atoms with Crippen molar-refractivity contribution in [3.63, 3.8) is 0 Å². The molecule has 0 heterocycles. The third kappa shape index (κ3) is 7.65. The molecule has 208 valence electrons. The Labute approximate surface area is 226 Å². The molecule has 6 nitrogen and oxygen atoms in total. The molecule has 0 aliphatic heterocycles. The van der Waals surface area contributed by atoms with Crippen molar-refractivity contribution < 1.29 is 16.8 Å². The summed E-state index contributed by atoms with van der Waals surface area (Å²) in [6.45, 7) is 16.9. The van der Waals surface area contributed by atoms with E-state index in [0.717, 1.165) is 52.6 Å². The van der Waals surface area contributed by atoms with Gasteiger partial charge in [-0.25, -0.2) is 16.8 Å². The molecule has 0 amide bonds. The monoisotopic (exact) mass is 550 g/mol. The molecular formula is C29H46N2O4S2. The van der Waals surface area contributed by atoms with Crippen LogP contribution in [0.1, 0.15) is 79.3 Å². The highest BCUT2D eigenvalue weighted by Crippen LogP contribution is 2.27. The fourth-order valence-electron chi connectivity index (χ4n) is 5.32. The molecule has 0 fully saturated rings. The standard InChI is InChI=1S/C29H46N2O4S2/c1-9-11-12-16-31(37(34,35)29-26(7)20-23(4)21-27(29)8)17-14-13-15-30(10-2)36(32,33)28-24(5)18-22(3)19-25(28)6/h18-21H,9-17H2,1-8H3. The van der Waals surface area contributed by atoms with E-state index >= 15 is 0 Å². The maximum atomic E-state index is 13.7. The van der Waals surface area contributed by atoms with E-state index in [1.54, 1.807) is 4.31 Å². The summed E-state index contributed by atoms with van der Waals surface area (Å²) in [6, 6.07) is 7.65. The van der Waals surface area contributed by atoms with Crippen LogP contribution < -0.4 is 0 Å². The molecule has 0 aliphatic carbocycles. The number of aryl methyl sites for hydroxylation is 6. The van der Waals surface area contributed by atoms with E-state index in [2.05, 4.69) is 6.92 Å². The van der Waals surface area contributed by atoms with Crippen LogP contribution in [0.3, 0.4) is 0 Å². The van der Waals surface area contributed by atoms with Crippen LogP contribution in [-0.4, -0.2) is 51.6 Å². The van der Waals surface area contributed by atoms with E-state index in [1.807, 2.05) is 72.7 Å². The highest BCUT2D eigenvalue weighted by atomic mass is 32.2. The van der Waals surface area contributed by atoms with Crippen LogP contribution in [0, 0.1) is 41.5 Å². The van der Waals surface area contributed by atoms with Crippen LogP contribution in [0.2, 0.25) is 0 Å². The van der Waals surface area contributed by atoms with Crippen molar-refractivity contribution in [1.29, 1.82) is 0 Å². The molecular weight excluding hydrogens is 504 g/mol. The average Bonchev–Trinajstić information content (AvgIpc) is 2.75. The summed E-state index contributed by atoms with van der Waals surface area (Å²) >= 11 is 0. The Morgan fingerprint density at radius 1 is 0.541 bits per heavy atom. The Hall–Kier alpha value is -1.74. The minimum atomic E-state index is -3.65. The lowest BCUT2D eigenvalue weighted by Gasteiger charge is -2.26. The molecule has 2 aromatic carbocycles. The molecule has 0 aliphatic rings. The van der Waals surface area contributed by atoms with Crippen molar-refractivity contribution in [2.45, 2.75) is 97.3 Å². The van der Waals surface area contributed by atoms with Gasteiger partial charge < -0.3 is 0 Å². The van der Waals surface area contributed by atoms with Crippen molar-refractivity contribution in [3.05, 3.63) is 57.6 Å². The molecule has 0 bridgehead atoms. The van der Waals surface area contributed by atoms with Crippen LogP contribution in [0.5, 0.6) is 0 Å². The van der Waals surface area contributed by atoms with E-state index in [0.29, 0.717) is 48.8 Å². The molecule has 0 spiro atoms. The second-order valence-corrected chi connectivity index (χ2v) is 14.0. The van der Waals surface area contributed by atoms with Gasteiger partial charge in [-0.1, -0.05) is 62.1 Å². The topological polar surface area (TPSA) is 74.8 Å². The Morgan fingerprint density at radius 3 is 1.22 bits per heavy atom. The molecule has 37 heavy (non-hydrogen) atoms. The zero-order chi connectivity index (χ0) is 28.0. The van der Waals surface area contributed by atoms with Gasteiger partial charge in [-0.3, -0.25) is 0 Å². The van der Waals surface area contributed by atoms with Gasteiger partial charge in [-0.05, 0) is 83.1 Å². The maximum absolute atomic E-state index is 13.7. The summed E-state index contributed by atoms with van der Waals surface area (Å²) in [5, 5.41) is 0. The van der Waals surface area contributed by atoms with E-state index in [4.69, 9.17) is 0 Å². The first-order chi connectivity index (χ1) is 17.3. The lowest BCUT2D eigenvalue weighted by molar-refractivity contribution is 0.368. The second-order valence-electron chi connectivity index (χ2n) is 10.3. The molecule has 0 aromatic heterocycles.